The highest BCUT2D eigenvalue weighted by Crippen LogP contribution is 2.29. The smallest absolute Gasteiger partial charge is 0.330 e. The molecule has 3 aromatic rings. The number of rotatable bonds is 8. The summed E-state index contributed by atoms with van der Waals surface area (Å²) in [5.74, 6) is -0.791. The zero-order chi connectivity index (χ0) is 24.8. The van der Waals surface area contributed by atoms with E-state index in [0.29, 0.717) is 29.5 Å². The Hall–Kier alpha value is -3.99. The first-order valence-corrected chi connectivity index (χ1v) is 11.5. The van der Waals surface area contributed by atoms with Gasteiger partial charge in [-0.15, -0.1) is 11.3 Å². The molecular weight excluding hydrogens is 456 g/mol. The summed E-state index contributed by atoms with van der Waals surface area (Å²) in [7, 11) is 1.40. The van der Waals surface area contributed by atoms with Crippen LogP contribution in [0.3, 0.4) is 0 Å². The Morgan fingerprint density at radius 3 is 2.59 bits per heavy atom. The minimum absolute atomic E-state index is 0.0673. The lowest BCUT2D eigenvalue weighted by atomic mass is 10.3. The summed E-state index contributed by atoms with van der Waals surface area (Å²) >= 11 is 1.26. The van der Waals surface area contributed by atoms with Crippen molar-refractivity contribution in [2.45, 2.75) is 33.2 Å². The number of aromatic amines is 1. The van der Waals surface area contributed by atoms with Gasteiger partial charge in [-0.3, -0.25) is 28.8 Å². The number of H-pyrrole nitrogens is 1. The maximum atomic E-state index is 12.8. The van der Waals surface area contributed by atoms with E-state index in [-0.39, 0.29) is 17.4 Å². The molecule has 3 N–H and O–H groups in total. The number of hydrogen-bond donors (Lipinski definition) is 2. The Balaban J connectivity index is 1.83. The lowest BCUT2D eigenvalue weighted by Gasteiger charge is -2.19. The van der Waals surface area contributed by atoms with Crippen LogP contribution in [0.1, 0.15) is 32.4 Å². The van der Waals surface area contributed by atoms with Crippen LogP contribution in [0.2, 0.25) is 0 Å². The van der Waals surface area contributed by atoms with Gasteiger partial charge in [0, 0.05) is 32.0 Å². The molecule has 11 heteroatoms. The minimum Gasteiger partial charge on any atom is -0.383 e. The normalized spacial score (nSPS) is 11.0. The van der Waals surface area contributed by atoms with Crippen LogP contribution in [0.4, 0.5) is 22.3 Å². The Kier molecular flexibility index (Phi) is 7.79. The molecule has 2 aromatic heterocycles. The first kappa shape index (κ1) is 24.6. The van der Waals surface area contributed by atoms with Gasteiger partial charge in [0.1, 0.15) is 5.82 Å². The molecule has 0 atom stereocenters. The number of hydrogen-bond acceptors (Lipinski definition) is 7. The largest absolute Gasteiger partial charge is 0.383 e. The Morgan fingerprint density at radius 2 is 1.94 bits per heavy atom. The first-order chi connectivity index (χ1) is 16.2. The number of amides is 2. The highest BCUT2D eigenvalue weighted by Gasteiger charge is 2.20. The van der Waals surface area contributed by atoms with Gasteiger partial charge in [-0.05, 0) is 24.6 Å². The molecule has 0 spiro atoms. The number of carbonyl (C=O) groups excluding carboxylic acids is 2. The lowest BCUT2D eigenvalue weighted by molar-refractivity contribution is -0.116. The molecule has 0 aliphatic heterocycles. The molecule has 0 unspecified atom stereocenters. The Morgan fingerprint density at radius 1 is 1.24 bits per heavy atom. The average Bonchev–Trinajstić information content (AvgIpc) is 3.26. The van der Waals surface area contributed by atoms with Crippen LogP contribution >= 0.6 is 11.3 Å². The number of nitrogen functional groups attached to an aromatic ring is 1. The number of nitrogens with two attached hydrogens (primary N) is 1. The fraction of sp³-hybridized carbons (Fsp3) is 0.261. The van der Waals surface area contributed by atoms with E-state index in [4.69, 9.17) is 5.73 Å². The molecule has 0 fully saturated rings. The molecule has 0 saturated carbocycles. The molecule has 0 aliphatic carbocycles. The third-order valence-corrected chi connectivity index (χ3v) is 5.89. The van der Waals surface area contributed by atoms with Crippen LogP contribution in [0.5, 0.6) is 0 Å². The number of carbonyl (C=O) groups is 2. The van der Waals surface area contributed by atoms with Gasteiger partial charge >= 0.3 is 5.69 Å². The molecular formula is C23H26N6O4S. The van der Waals surface area contributed by atoms with Crippen molar-refractivity contribution < 1.29 is 9.59 Å². The standard InChI is InChI=1S/C23H26N6O4S/c1-4-5-13-28-20(24)19(21(32)26-22(28)33)27(3)18(31)12-11-16-14-34-23(25-16)29(15(2)30)17-9-7-6-8-10-17/h6-12,14H,4-5,13,24H2,1-3H3,(H,26,32,33)/b12-11+. The predicted molar refractivity (Wildman–Crippen MR) is 134 cm³/mol. The fourth-order valence-electron chi connectivity index (χ4n) is 3.28. The van der Waals surface area contributed by atoms with E-state index in [1.165, 1.54) is 46.9 Å². The first-order valence-electron chi connectivity index (χ1n) is 10.6. The fourth-order valence-corrected chi connectivity index (χ4v) is 4.13. The maximum Gasteiger partial charge on any atom is 0.330 e. The van der Waals surface area contributed by atoms with Crippen LogP contribution in [-0.2, 0) is 16.1 Å². The monoisotopic (exact) mass is 482 g/mol. The summed E-state index contributed by atoms with van der Waals surface area (Å²) in [4.78, 5) is 58.6. The second-order valence-electron chi connectivity index (χ2n) is 7.47. The van der Waals surface area contributed by atoms with Crippen LogP contribution < -0.4 is 26.8 Å². The number of benzene rings is 1. The highest BCUT2D eigenvalue weighted by molar-refractivity contribution is 7.14. The van der Waals surface area contributed by atoms with Gasteiger partial charge in [-0.25, -0.2) is 9.78 Å². The number of nitrogens with zero attached hydrogens (tertiary/aromatic N) is 4. The second-order valence-corrected chi connectivity index (χ2v) is 8.31. The molecule has 178 valence electrons. The van der Waals surface area contributed by atoms with Crippen molar-refractivity contribution in [3.8, 4) is 0 Å². The van der Waals surface area contributed by atoms with Crippen molar-refractivity contribution >= 4 is 51.6 Å². The topological polar surface area (TPSA) is 134 Å². The van der Waals surface area contributed by atoms with Gasteiger partial charge in [0.2, 0.25) is 5.91 Å². The second kappa shape index (κ2) is 10.8. The number of anilines is 4. The molecule has 0 aliphatic rings. The van der Waals surface area contributed by atoms with E-state index in [1.54, 1.807) is 17.5 Å². The molecule has 2 amide bonds. The minimum atomic E-state index is -0.740. The van der Waals surface area contributed by atoms with Gasteiger partial charge in [0.25, 0.3) is 11.5 Å². The van der Waals surface area contributed by atoms with E-state index in [2.05, 4.69) is 9.97 Å². The SMILES string of the molecule is CCCCn1c(N)c(N(C)C(=O)/C=C/c2csc(N(C(C)=O)c3ccccc3)n2)c(=O)[nH]c1=O. The van der Waals surface area contributed by atoms with Crippen molar-refractivity contribution in [3.63, 3.8) is 0 Å². The van der Waals surface area contributed by atoms with Gasteiger partial charge in [0.15, 0.2) is 10.8 Å². The molecule has 0 saturated heterocycles. The molecule has 0 radical (unpaired) electrons. The number of nitrogens with one attached hydrogen (secondary N) is 1. The number of para-hydroxylation sites is 1. The van der Waals surface area contributed by atoms with Crippen LogP contribution in [0.25, 0.3) is 6.08 Å². The summed E-state index contributed by atoms with van der Waals surface area (Å²) < 4.78 is 1.25. The number of unbranched alkanes of at least 4 members (excludes halogenated alkanes) is 1. The molecule has 0 bridgehead atoms. The third kappa shape index (κ3) is 5.31. The van der Waals surface area contributed by atoms with E-state index < -0.39 is 17.2 Å². The van der Waals surface area contributed by atoms with Crippen molar-refractivity contribution in [2.75, 3.05) is 22.6 Å². The Labute approximate surface area is 200 Å². The Bertz CT molecular complexity index is 1330. The summed E-state index contributed by atoms with van der Waals surface area (Å²) in [6.07, 6.45) is 4.26. The maximum absolute atomic E-state index is 12.8. The van der Waals surface area contributed by atoms with E-state index in [9.17, 15) is 19.2 Å². The lowest BCUT2D eigenvalue weighted by Crippen LogP contribution is -2.38. The quantitative estimate of drug-likeness (QED) is 0.474. The van der Waals surface area contributed by atoms with Crippen LogP contribution in [0, 0.1) is 0 Å². The van der Waals surface area contributed by atoms with Crippen LogP contribution in [-0.4, -0.2) is 33.4 Å². The number of aromatic nitrogens is 3. The summed E-state index contributed by atoms with van der Waals surface area (Å²) in [6.45, 7) is 3.75. The van der Waals surface area contributed by atoms with Crippen molar-refractivity contribution in [2.24, 2.45) is 0 Å². The molecule has 2 heterocycles. The van der Waals surface area contributed by atoms with Gasteiger partial charge in [-0.2, -0.15) is 0 Å². The summed E-state index contributed by atoms with van der Waals surface area (Å²) in [6, 6.07) is 9.12. The summed E-state index contributed by atoms with van der Waals surface area (Å²) in [5.41, 5.74) is 5.77. The highest BCUT2D eigenvalue weighted by atomic mass is 32.1. The summed E-state index contributed by atoms with van der Waals surface area (Å²) in [5, 5.41) is 2.17. The van der Waals surface area contributed by atoms with Gasteiger partial charge in [0.05, 0.1) is 11.4 Å². The number of likely N-dealkylation sites (N-methyl/N-ethyl adjacent to an activating group) is 1. The van der Waals surface area contributed by atoms with Gasteiger partial charge < -0.3 is 10.6 Å². The van der Waals surface area contributed by atoms with E-state index in [1.807, 2.05) is 25.1 Å². The van der Waals surface area contributed by atoms with Gasteiger partial charge in [-0.1, -0.05) is 31.5 Å². The zero-order valence-corrected chi connectivity index (χ0v) is 20.0. The van der Waals surface area contributed by atoms with Crippen LogP contribution in [0.15, 0.2) is 51.4 Å². The third-order valence-electron chi connectivity index (χ3n) is 5.04. The van der Waals surface area contributed by atoms with Crippen molar-refractivity contribution in [1.82, 2.24) is 14.5 Å². The molecule has 34 heavy (non-hydrogen) atoms. The van der Waals surface area contributed by atoms with Crippen molar-refractivity contribution in [1.29, 1.82) is 0 Å². The van der Waals surface area contributed by atoms with E-state index in [0.717, 1.165) is 11.3 Å². The average molecular weight is 483 g/mol. The molecule has 1 aromatic carbocycles. The van der Waals surface area contributed by atoms with E-state index >= 15 is 0 Å². The number of thiazole rings is 1. The predicted octanol–water partition coefficient (Wildman–Crippen LogP) is 2.74. The zero-order valence-electron chi connectivity index (χ0n) is 19.1. The van der Waals surface area contributed by atoms with Crippen molar-refractivity contribution in [3.05, 3.63) is 68.3 Å². The molecule has 10 nitrogen and oxygen atoms in total. The molecule has 3 rings (SSSR count).